The summed E-state index contributed by atoms with van der Waals surface area (Å²) in [7, 11) is 6.72. The van der Waals surface area contributed by atoms with Gasteiger partial charge in [0.1, 0.15) is 5.75 Å². The van der Waals surface area contributed by atoms with Crippen LogP contribution in [0.5, 0.6) is 5.75 Å². The fourth-order valence-corrected chi connectivity index (χ4v) is 7.66. The molecule has 0 spiro atoms. The van der Waals surface area contributed by atoms with Crippen molar-refractivity contribution in [3.8, 4) is 5.75 Å². The van der Waals surface area contributed by atoms with Crippen molar-refractivity contribution in [3.63, 3.8) is 0 Å². The van der Waals surface area contributed by atoms with Crippen LogP contribution in [-0.2, 0) is 6.42 Å². The zero-order chi connectivity index (χ0) is 20.1. The maximum absolute atomic E-state index is 10.1. The summed E-state index contributed by atoms with van der Waals surface area (Å²) in [5, 5.41) is 10.1. The van der Waals surface area contributed by atoms with Gasteiger partial charge in [-0.25, -0.2) is 0 Å². The predicted octanol–water partition coefficient (Wildman–Crippen LogP) is 5.26. The molecule has 3 nitrogen and oxygen atoms in total. The summed E-state index contributed by atoms with van der Waals surface area (Å²) >= 11 is 3.65. The van der Waals surface area contributed by atoms with Gasteiger partial charge in [0.25, 0.3) is 0 Å². The summed E-state index contributed by atoms with van der Waals surface area (Å²) in [6.07, 6.45) is 9.09. The Morgan fingerprint density at radius 3 is 2.64 bits per heavy atom. The summed E-state index contributed by atoms with van der Waals surface area (Å²) in [6.45, 7) is 5.00. The Hall–Kier alpha value is -0.580. The highest BCUT2D eigenvalue weighted by Gasteiger charge is 2.55. The van der Waals surface area contributed by atoms with Gasteiger partial charge in [0.2, 0.25) is 0 Å². The van der Waals surface area contributed by atoms with Crippen molar-refractivity contribution in [2.75, 3.05) is 34.2 Å². The number of benzene rings is 1. The third-order valence-electron chi connectivity index (χ3n) is 8.42. The van der Waals surface area contributed by atoms with Crippen LogP contribution in [0.15, 0.2) is 16.6 Å². The Kier molecular flexibility index (Phi) is 5.85. The van der Waals surface area contributed by atoms with Crippen molar-refractivity contribution in [1.29, 1.82) is 0 Å². The molecule has 0 saturated heterocycles. The maximum Gasteiger partial charge on any atom is 0.130 e. The van der Waals surface area contributed by atoms with Gasteiger partial charge in [-0.1, -0.05) is 13.0 Å². The fourth-order valence-electron chi connectivity index (χ4n) is 7.10. The van der Waals surface area contributed by atoms with E-state index in [9.17, 15) is 5.11 Å². The zero-order valence-electron chi connectivity index (χ0n) is 18.0. The summed E-state index contributed by atoms with van der Waals surface area (Å²) < 4.78 is 0.946. The summed E-state index contributed by atoms with van der Waals surface area (Å²) in [5.74, 6) is 2.77. The molecule has 2 fully saturated rings. The highest BCUT2D eigenvalue weighted by molar-refractivity contribution is 9.10. The van der Waals surface area contributed by atoms with Crippen molar-refractivity contribution >= 4 is 15.9 Å². The maximum atomic E-state index is 10.1. The number of fused-ring (bicyclic) bond motifs is 5. The fraction of sp³-hybridized carbons (Fsp3) is 0.750. The molecule has 0 aliphatic heterocycles. The lowest BCUT2D eigenvalue weighted by Crippen LogP contribution is -2.49. The molecule has 4 heteroatoms. The van der Waals surface area contributed by atoms with Gasteiger partial charge in [0, 0.05) is 6.04 Å². The normalized spacial score (nSPS) is 34.4. The molecule has 0 aromatic heterocycles. The Morgan fingerprint density at radius 2 is 1.89 bits per heavy atom. The Balaban J connectivity index is 1.51. The molecule has 1 aromatic rings. The van der Waals surface area contributed by atoms with Gasteiger partial charge in [0.15, 0.2) is 0 Å². The second kappa shape index (κ2) is 7.92. The van der Waals surface area contributed by atoms with Crippen molar-refractivity contribution in [3.05, 3.63) is 27.7 Å². The van der Waals surface area contributed by atoms with Crippen LogP contribution in [0.2, 0.25) is 0 Å². The van der Waals surface area contributed by atoms with Crippen LogP contribution in [0.4, 0.5) is 0 Å². The van der Waals surface area contributed by atoms with E-state index in [0.29, 0.717) is 17.1 Å². The molecule has 1 aromatic carbocycles. The smallest absolute Gasteiger partial charge is 0.130 e. The lowest BCUT2D eigenvalue weighted by Gasteiger charge is -2.52. The van der Waals surface area contributed by atoms with Gasteiger partial charge in [-0.05, 0) is 135 Å². The van der Waals surface area contributed by atoms with E-state index >= 15 is 0 Å². The molecule has 3 aliphatic rings. The number of rotatable bonds is 5. The average Bonchev–Trinajstić information content (AvgIpc) is 3.01. The molecule has 0 amide bonds. The summed E-state index contributed by atoms with van der Waals surface area (Å²) in [5.41, 5.74) is 3.37. The largest absolute Gasteiger partial charge is 0.507 e. The molecular formula is C24H37BrN2O. The average molecular weight is 449 g/mol. The third kappa shape index (κ3) is 3.44. The van der Waals surface area contributed by atoms with Gasteiger partial charge in [-0.3, -0.25) is 0 Å². The SMILES string of the molecule is CN(C)CCCN(C)[C@H]1CC[C@H]2[C@@H]3CCc4c(ccc(O)c4Br)[C@H]3CC[C@]12C. The minimum atomic E-state index is 0.401. The minimum absolute atomic E-state index is 0.401. The summed E-state index contributed by atoms with van der Waals surface area (Å²) in [4.78, 5) is 4.99. The predicted molar refractivity (Wildman–Crippen MR) is 120 cm³/mol. The highest BCUT2D eigenvalue weighted by Crippen LogP contribution is 2.62. The molecule has 1 N–H and O–H groups in total. The number of aromatic hydroxyl groups is 1. The number of halogens is 1. The van der Waals surface area contributed by atoms with Crippen LogP contribution in [-0.4, -0.2) is 55.2 Å². The quantitative estimate of drug-likeness (QED) is 0.664. The number of nitrogens with zero attached hydrogens (tertiary/aromatic N) is 2. The van der Waals surface area contributed by atoms with E-state index in [0.717, 1.165) is 28.8 Å². The van der Waals surface area contributed by atoms with E-state index in [1.807, 2.05) is 6.07 Å². The van der Waals surface area contributed by atoms with Crippen molar-refractivity contribution in [2.45, 2.75) is 63.8 Å². The number of hydrogen-bond acceptors (Lipinski definition) is 3. The first-order valence-corrected chi connectivity index (χ1v) is 12.0. The number of phenolic OH excluding ortho intramolecular Hbond substituents is 1. The third-order valence-corrected chi connectivity index (χ3v) is 9.31. The van der Waals surface area contributed by atoms with Gasteiger partial charge in [-0.15, -0.1) is 0 Å². The molecule has 156 valence electrons. The van der Waals surface area contributed by atoms with Gasteiger partial charge >= 0.3 is 0 Å². The summed E-state index contributed by atoms with van der Waals surface area (Å²) in [6, 6.07) is 4.86. The minimum Gasteiger partial charge on any atom is -0.507 e. The van der Waals surface area contributed by atoms with E-state index in [-0.39, 0.29) is 0 Å². The van der Waals surface area contributed by atoms with E-state index in [1.54, 1.807) is 0 Å². The topological polar surface area (TPSA) is 26.7 Å². The van der Waals surface area contributed by atoms with Crippen molar-refractivity contribution in [1.82, 2.24) is 9.80 Å². The Morgan fingerprint density at radius 1 is 1.11 bits per heavy atom. The number of hydrogen-bond donors (Lipinski definition) is 1. The lowest BCUT2D eigenvalue weighted by atomic mass is 9.55. The molecule has 2 saturated carbocycles. The molecule has 0 heterocycles. The second-order valence-corrected chi connectivity index (χ2v) is 11.0. The highest BCUT2D eigenvalue weighted by atomic mass is 79.9. The van der Waals surface area contributed by atoms with Crippen LogP contribution in [0, 0.1) is 17.3 Å². The molecule has 0 radical (unpaired) electrons. The monoisotopic (exact) mass is 448 g/mol. The number of phenols is 1. The molecule has 0 unspecified atom stereocenters. The molecule has 4 rings (SSSR count). The van der Waals surface area contributed by atoms with Gasteiger partial charge in [-0.2, -0.15) is 0 Å². The standard InChI is InChI=1S/C24H37BrN2O/c1-24-13-12-17-16-8-10-21(28)23(25)19(16)7-6-18(17)20(24)9-11-22(24)27(4)15-5-14-26(2)3/h8,10,17-18,20,22,28H,5-7,9,11-15H2,1-4H3/t17-,18-,20+,22+,24+/m1/s1. The lowest BCUT2D eigenvalue weighted by molar-refractivity contribution is 0.00692. The molecule has 28 heavy (non-hydrogen) atoms. The van der Waals surface area contributed by atoms with Crippen molar-refractivity contribution < 1.29 is 5.11 Å². The van der Waals surface area contributed by atoms with Crippen LogP contribution in [0.1, 0.15) is 62.5 Å². The van der Waals surface area contributed by atoms with Crippen LogP contribution < -0.4 is 0 Å². The van der Waals surface area contributed by atoms with E-state index in [1.165, 1.54) is 62.7 Å². The Labute approximate surface area is 179 Å². The van der Waals surface area contributed by atoms with Gasteiger partial charge in [0.05, 0.1) is 4.47 Å². The van der Waals surface area contributed by atoms with Gasteiger partial charge < -0.3 is 14.9 Å². The first-order valence-electron chi connectivity index (χ1n) is 11.2. The van der Waals surface area contributed by atoms with E-state index in [4.69, 9.17) is 0 Å². The molecular weight excluding hydrogens is 412 g/mol. The van der Waals surface area contributed by atoms with Crippen LogP contribution in [0.25, 0.3) is 0 Å². The van der Waals surface area contributed by atoms with Crippen molar-refractivity contribution in [2.24, 2.45) is 17.3 Å². The first-order chi connectivity index (χ1) is 13.3. The molecule has 0 bridgehead atoms. The van der Waals surface area contributed by atoms with Crippen LogP contribution in [0.3, 0.4) is 0 Å². The molecule has 3 aliphatic carbocycles. The first kappa shape index (κ1) is 20.7. The second-order valence-electron chi connectivity index (χ2n) is 10.2. The van der Waals surface area contributed by atoms with Crippen LogP contribution >= 0.6 is 15.9 Å². The molecule has 5 atom stereocenters. The van der Waals surface area contributed by atoms with E-state index in [2.05, 4.69) is 59.9 Å². The zero-order valence-corrected chi connectivity index (χ0v) is 19.6. The van der Waals surface area contributed by atoms with E-state index < -0.39 is 0 Å². The Bertz CT molecular complexity index is 721.